The number of anilines is 1. The van der Waals surface area contributed by atoms with Crippen molar-refractivity contribution in [2.75, 3.05) is 4.90 Å². The van der Waals surface area contributed by atoms with Crippen LogP contribution in [0, 0.1) is 0 Å². The number of halogens is 2. The lowest BCUT2D eigenvalue weighted by molar-refractivity contribution is 0.0175. The Kier molecular flexibility index (Phi) is 3.62. The molecular formula is C16H15F2N3O3. The zero-order chi connectivity index (χ0) is 17.6. The molecular weight excluding hydrogens is 320 g/mol. The molecule has 1 aliphatic heterocycles. The second-order valence-corrected chi connectivity index (χ2v) is 5.85. The van der Waals surface area contributed by atoms with Gasteiger partial charge in [-0.3, -0.25) is 9.48 Å². The van der Waals surface area contributed by atoms with Crippen LogP contribution >= 0.6 is 0 Å². The number of fused-ring (bicyclic) bond motifs is 1. The SMILES string of the molecule is CC1Cn2ncc(C(=O)O)c2C(=O)N1c1ccc(C(C)(F)F)cc1. The van der Waals surface area contributed by atoms with Gasteiger partial charge in [-0.2, -0.15) is 5.10 Å². The highest BCUT2D eigenvalue weighted by molar-refractivity contribution is 6.11. The average molecular weight is 335 g/mol. The van der Waals surface area contributed by atoms with Gasteiger partial charge in [-0.25, -0.2) is 13.6 Å². The van der Waals surface area contributed by atoms with E-state index in [0.717, 1.165) is 13.1 Å². The fourth-order valence-corrected chi connectivity index (χ4v) is 2.84. The van der Waals surface area contributed by atoms with Crippen molar-refractivity contribution >= 4 is 17.6 Å². The molecule has 0 fully saturated rings. The van der Waals surface area contributed by atoms with Gasteiger partial charge < -0.3 is 10.0 Å². The Morgan fingerprint density at radius 2 is 1.96 bits per heavy atom. The molecule has 1 unspecified atom stereocenters. The summed E-state index contributed by atoms with van der Waals surface area (Å²) in [5, 5.41) is 13.1. The summed E-state index contributed by atoms with van der Waals surface area (Å²) < 4.78 is 28.0. The van der Waals surface area contributed by atoms with Crippen LogP contribution in [-0.4, -0.2) is 32.8 Å². The van der Waals surface area contributed by atoms with Gasteiger partial charge in [0.1, 0.15) is 11.3 Å². The van der Waals surface area contributed by atoms with Crippen molar-refractivity contribution in [3.63, 3.8) is 0 Å². The Bertz CT molecular complexity index is 809. The first-order valence-electron chi connectivity index (χ1n) is 7.31. The number of nitrogens with zero attached hydrogens (tertiary/aromatic N) is 3. The Balaban J connectivity index is 2.01. The number of amides is 1. The molecule has 1 aliphatic rings. The fourth-order valence-electron chi connectivity index (χ4n) is 2.84. The second-order valence-electron chi connectivity index (χ2n) is 5.85. The van der Waals surface area contributed by atoms with Gasteiger partial charge >= 0.3 is 5.97 Å². The van der Waals surface area contributed by atoms with E-state index < -0.39 is 17.8 Å². The van der Waals surface area contributed by atoms with Crippen LogP contribution in [0.15, 0.2) is 30.5 Å². The van der Waals surface area contributed by atoms with Gasteiger partial charge in [-0.15, -0.1) is 0 Å². The molecule has 2 aromatic rings. The third-order valence-electron chi connectivity index (χ3n) is 4.02. The van der Waals surface area contributed by atoms with E-state index in [-0.39, 0.29) is 22.9 Å². The highest BCUT2D eigenvalue weighted by atomic mass is 19.3. The topological polar surface area (TPSA) is 75.4 Å². The number of aromatic carboxylic acids is 1. The van der Waals surface area contributed by atoms with E-state index in [1.54, 1.807) is 6.92 Å². The number of carbonyl (C=O) groups is 2. The third kappa shape index (κ3) is 2.53. The maximum Gasteiger partial charge on any atom is 0.339 e. The lowest BCUT2D eigenvalue weighted by atomic mass is 10.1. The summed E-state index contributed by atoms with van der Waals surface area (Å²) in [5.41, 5.74) is 0.100. The molecule has 0 saturated carbocycles. The molecule has 0 radical (unpaired) electrons. The van der Waals surface area contributed by atoms with Crippen LogP contribution in [0.25, 0.3) is 0 Å². The van der Waals surface area contributed by atoms with E-state index in [4.69, 9.17) is 0 Å². The minimum Gasteiger partial charge on any atom is -0.478 e. The minimum absolute atomic E-state index is 0.00880. The molecule has 0 spiro atoms. The summed E-state index contributed by atoms with van der Waals surface area (Å²) >= 11 is 0. The Morgan fingerprint density at radius 1 is 1.33 bits per heavy atom. The minimum atomic E-state index is -2.97. The van der Waals surface area contributed by atoms with E-state index in [9.17, 15) is 23.5 Å². The van der Waals surface area contributed by atoms with E-state index in [0.29, 0.717) is 12.2 Å². The molecule has 1 aromatic carbocycles. The van der Waals surface area contributed by atoms with E-state index in [2.05, 4.69) is 5.10 Å². The molecule has 3 rings (SSSR count). The standard InChI is InChI=1S/C16H15F2N3O3/c1-9-8-20-13(12(7-19-20)15(23)24)14(22)21(9)11-5-3-10(4-6-11)16(2,17)18/h3-7,9H,8H2,1-2H3,(H,23,24). The zero-order valence-electron chi connectivity index (χ0n) is 13.0. The van der Waals surface area contributed by atoms with Crippen molar-refractivity contribution in [2.45, 2.75) is 32.4 Å². The number of carboxylic acids is 1. The van der Waals surface area contributed by atoms with Crippen LogP contribution in [0.4, 0.5) is 14.5 Å². The number of alkyl halides is 2. The number of rotatable bonds is 3. The molecule has 0 aliphatic carbocycles. The molecule has 2 heterocycles. The molecule has 1 atom stereocenters. The molecule has 126 valence electrons. The molecule has 24 heavy (non-hydrogen) atoms. The van der Waals surface area contributed by atoms with Crippen LogP contribution in [0.1, 0.15) is 40.3 Å². The Hall–Kier alpha value is -2.77. The van der Waals surface area contributed by atoms with Gasteiger partial charge in [0, 0.05) is 18.2 Å². The number of benzene rings is 1. The first kappa shape index (κ1) is 16.1. The van der Waals surface area contributed by atoms with E-state index in [1.807, 2.05) is 0 Å². The number of carbonyl (C=O) groups excluding carboxylic acids is 1. The Morgan fingerprint density at radius 3 is 2.50 bits per heavy atom. The monoisotopic (exact) mass is 335 g/mol. The summed E-state index contributed by atoms with van der Waals surface area (Å²) in [4.78, 5) is 25.4. The smallest absolute Gasteiger partial charge is 0.339 e. The van der Waals surface area contributed by atoms with E-state index in [1.165, 1.54) is 33.8 Å². The summed E-state index contributed by atoms with van der Waals surface area (Å²) in [7, 11) is 0. The largest absolute Gasteiger partial charge is 0.478 e. The van der Waals surface area contributed by atoms with Crippen molar-refractivity contribution in [3.8, 4) is 0 Å². The molecule has 0 bridgehead atoms. The number of hydrogen-bond acceptors (Lipinski definition) is 3. The van der Waals surface area contributed by atoms with Gasteiger partial charge in [0.05, 0.1) is 18.8 Å². The van der Waals surface area contributed by atoms with Crippen molar-refractivity contribution in [2.24, 2.45) is 0 Å². The quantitative estimate of drug-likeness (QED) is 0.936. The lowest BCUT2D eigenvalue weighted by Crippen LogP contribution is -2.47. The normalized spacial score (nSPS) is 17.8. The molecule has 0 saturated heterocycles. The third-order valence-corrected chi connectivity index (χ3v) is 4.02. The van der Waals surface area contributed by atoms with Crippen molar-refractivity contribution in [3.05, 3.63) is 47.3 Å². The summed E-state index contributed by atoms with van der Waals surface area (Å²) in [6.45, 7) is 2.90. The van der Waals surface area contributed by atoms with Crippen LogP contribution < -0.4 is 4.90 Å². The highest BCUT2D eigenvalue weighted by Crippen LogP contribution is 2.31. The van der Waals surface area contributed by atoms with E-state index >= 15 is 0 Å². The first-order chi connectivity index (χ1) is 11.2. The van der Waals surface area contributed by atoms with Gasteiger partial charge in [0.25, 0.3) is 11.8 Å². The average Bonchev–Trinajstić information content (AvgIpc) is 2.91. The number of hydrogen-bond donors (Lipinski definition) is 1. The predicted octanol–water partition coefficient (Wildman–Crippen LogP) is 2.74. The molecule has 1 amide bonds. The maximum absolute atomic E-state index is 13.3. The molecule has 6 nitrogen and oxygen atoms in total. The van der Waals surface area contributed by atoms with Gasteiger partial charge in [-0.05, 0) is 19.1 Å². The van der Waals surface area contributed by atoms with Gasteiger partial charge in [0.15, 0.2) is 0 Å². The molecule has 1 N–H and O–H groups in total. The van der Waals surface area contributed by atoms with Gasteiger partial charge in [-0.1, -0.05) is 12.1 Å². The maximum atomic E-state index is 13.3. The van der Waals surface area contributed by atoms with Crippen LogP contribution in [0.5, 0.6) is 0 Å². The predicted molar refractivity (Wildman–Crippen MR) is 81.5 cm³/mol. The lowest BCUT2D eigenvalue weighted by Gasteiger charge is -2.34. The number of aromatic nitrogens is 2. The summed E-state index contributed by atoms with van der Waals surface area (Å²) in [5.74, 6) is -4.72. The summed E-state index contributed by atoms with van der Waals surface area (Å²) in [6, 6.07) is 5.11. The summed E-state index contributed by atoms with van der Waals surface area (Å²) in [6.07, 6.45) is 1.15. The van der Waals surface area contributed by atoms with Gasteiger partial charge in [0.2, 0.25) is 0 Å². The zero-order valence-corrected chi connectivity index (χ0v) is 13.0. The van der Waals surface area contributed by atoms with Crippen LogP contribution in [-0.2, 0) is 12.5 Å². The molecule has 8 heteroatoms. The first-order valence-corrected chi connectivity index (χ1v) is 7.31. The fraction of sp³-hybridized carbons (Fsp3) is 0.312. The van der Waals surface area contributed by atoms with Crippen LogP contribution in [0.2, 0.25) is 0 Å². The Labute approximate surface area is 136 Å². The highest BCUT2D eigenvalue weighted by Gasteiger charge is 2.36. The van der Waals surface area contributed by atoms with Crippen LogP contribution in [0.3, 0.4) is 0 Å². The second kappa shape index (κ2) is 5.40. The van der Waals surface area contributed by atoms with Crippen molar-refractivity contribution in [1.82, 2.24) is 9.78 Å². The number of carboxylic acid groups (broad SMARTS) is 1. The molecule has 1 aromatic heterocycles. The van der Waals surface area contributed by atoms with Crippen molar-refractivity contribution < 1.29 is 23.5 Å². The van der Waals surface area contributed by atoms with Crippen molar-refractivity contribution in [1.29, 1.82) is 0 Å².